The van der Waals surface area contributed by atoms with Crippen molar-refractivity contribution in [3.63, 3.8) is 0 Å². The summed E-state index contributed by atoms with van der Waals surface area (Å²) in [6, 6.07) is 81.4. The van der Waals surface area contributed by atoms with E-state index >= 15 is 0 Å². The first-order valence-corrected chi connectivity index (χ1v) is 21.8. The molecule has 0 saturated carbocycles. The number of aryl methyl sites for hydroxylation is 1. The van der Waals surface area contributed by atoms with Crippen LogP contribution in [0.1, 0.15) is 31.9 Å². The van der Waals surface area contributed by atoms with Crippen LogP contribution >= 0.6 is 0 Å². The molecular weight excluding hydrogens is 777 g/mol. The minimum absolute atomic E-state index is 0.220. The topological polar surface area (TPSA) is 18.5 Å². The Morgan fingerprint density at radius 2 is 0.688 bits per heavy atom. The van der Waals surface area contributed by atoms with E-state index in [0.717, 1.165) is 95.0 Å². The van der Waals surface area contributed by atoms with Crippen molar-refractivity contribution >= 4 is 0 Å². The van der Waals surface area contributed by atoms with Crippen molar-refractivity contribution in [2.24, 2.45) is 0 Å². The number of benzene rings is 10. The number of hydrogen-bond acceptors (Lipinski definition) is 2. The van der Waals surface area contributed by atoms with Crippen LogP contribution in [0.5, 0.6) is 23.0 Å². The zero-order valence-corrected chi connectivity index (χ0v) is 34.8. The molecule has 0 radical (unpaired) electrons. The summed E-state index contributed by atoms with van der Waals surface area (Å²) in [7, 11) is 0. The molecule has 0 unspecified atom stereocenters. The van der Waals surface area contributed by atoms with Crippen LogP contribution in [0, 0.1) is 6.85 Å². The van der Waals surface area contributed by atoms with Crippen LogP contribution in [-0.2, 0) is 5.41 Å². The molecule has 2 heterocycles. The van der Waals surface area contributed by atoms with Gasteiger partial charge in [-0.25, -0.2) is 0 Å². The summed E-state index contributed by atoms with van der Waals surface area (Å²) in [6.45, 7) is -2.45. The summed E-state index contributed by atoms with van der Waals surface area (Å²) in [5, 5.41) is 0. The lowest BCUT2D eigenvalue weighted by atomic mass is 9.62. The highest BCUT2D eigenvalue weighted by Crippen LogP contribution is 2.63. The Balaban J connectivity index is 1.13. The highest BCUT2D eigenvalue weighted by molar-refractivity contribution is 6.07. The van der Waals surface area contributed by atoms with Gasteiger partial charge < -0.3 is 9.47 Å². The van der Waals surface area contributed by atoms with E-state index in [1.54, 1.807) is 6.07 Å². The summed E-state index contributed by atoms with van der Waals surface area (Å²) in [5.74, 6) is 2.66. The largest absolute Gasteiger partial charge is 0.457 e. The van der Waals surface area contributed by atoms with E-state index in [9.17, 15) is 0 Å². The Morgan fingerprint density at radius 1 is 0.312 bits per heavy atom. The van der Waals surface area contributed by atoms with Gasteiger partial charge in [0.25, 0.3) is 0 Å². The number of para-hydroxylation sites is 3. The van der Waals surface area contributed by atoms with E-state index in [0.29, 0.717) is 17.1 Å². The quantitative estimate of drug-likeness (QED) is 0.166. The summed E-state index contributed by atoms with van der Waals surface area (Å²) in [6.07, 6.45) is 0. The minimum atomic E-state index is -2.45. The molecule has 12 rings (SSSR count). The molecule has 64 heavy (non-hydrogen) atoms. The molecule has 2 aliphatic heterocycles. The molecule has 302 valence electrons. The molecule has 0 amide bonds. The molecule has 10 aromatic carbocycles. The lowest BCUT2D eigenvalue weighted by Crippen LogP contribution is -2.37. The second-order valence-electron chi connectivity index (χ2n) is 16.4. The first-order chi connectivity index (χ1) is 32.9. The van der Waals surface area contributed by atoms with Crippen molar-refractivity contribution in [1.82, 2.24) is 0 Å². The van der Waals surface area contributed by atoms with Gasteiger partial charge in [0.05, 0.1) is 5.41 Å². The molecule has 0 atom stereocenters. The first kappa shape index (κ1) is 34.4. The van der Waals surface area contributed by atoms with Gasteiger partial charge in [-0.05, 0) is 97.9 Å². The summed E-state index contributed by atoms with van der Waals surface area (Å²) in [4.78, 5) is 0. The van der Waals surface area contributed by atoms with E-state index < -0.39 is 12.3 Å². The molecule has 0 aliphatic carbocycles. The van der Waals surface area contributed by atoms with E-state index in [4.69, 9.17) is 13.6 Å². The van der Waals surface area contributed by atoms with Gasteiger partial charge in [-0.1, -0.05) is 212 Å². The van der Waals surface area contributed by atoms with Crippen molar-refractivity contribution in [3.8, 4) is 89.8 Å². The van der Waals surface area contributed by atoms with Gasteiger partial charge in [0.1, 0.15) is 23.0 Å². The van der Waals surface area contributed by atoms with Gasteiger partial charge in [0.2, 0.25) is 0 Å². The zero-order chi connectivity index (χ0) is 45.1. The Labute approximate surface area is 378 Å². The molecule has 0 bridgehead atoms. The number of hydrogen-bond donors (Lipinski definition) is 0. The van der Waals surface area contributed by atoms with Crippen molar-refractivity contribution in [2.75, 3.05) is 0 Å². The molecule has 2 heteroatoms. The molecule has 10 aromatic rings. The minimum Gasteiger partial charge on any atom is -0.457 e. The molecule has 0 N–H and O–H groups in total. The van der Waals surface area contributed by atoms with Gasteiger partial charge in [-0.3, -0.25) is 0 Å². The predicted octanol–water partition coefficient (Wildman–Crippen LogP) is 16.6. The van der Waals surface area contributed by atoms with Crippen LogP contribution in [0.3, 0.4) is 0 Å². The smallest absolute Gasteiger partial charge is 0.140 e. The third-order valence-corrected chi connectivity index (χ3v) is 13.0. The predicted molar refractivity (Wildman–Crippen MR) is 262 cm³/mol. The molecule has 1 spiro atoms. The molecule has 2 aliphatic rings. The molecule has 0 saturated heterocycles. The molecule has 2 nitrogen and oxygen atoms in total. The van der Waals surface area contributed by atoms with E-state index in [1.807, 2.05) is 60.7 Å². The van der Waals surface area contributed by atoms with Gasteiger partial charge >= 0.3 is 0 Å². The molecule has 0 fully saturated rings. The van der Waals surface area contributed by atoms with Crippen LogP contribution in [-0.4, -0.2) is 0 Å². The monoisotopic (exact) mass is 821 g/mol. The van der Waals surface area contributed by atoms with Gasteiger partial charge in [0, 0.05) is 31.9 Å². The van der Waals surface area contributed by atoms with Crippen molar-refractivity contribution in [1.29, 1.82) is 0 Å². The Hall–Kier alpha value is -8.20. The summed E-state index contributed by atoms with van der Waals surface area (Å²) >= 11 is 0. The van der Waals surface area contributed by atoms with Crippen molar-refractivity contribution in [2.45, 2.75) is 12.3 Å². The third-order valence-electron chi connectivity index (χ3n) is 13.0. The summed E-state index contributed by atoms with van der Waals surface area (Å²) < 4.78 is 40.5. The Kier molecular flexibility index (Phi) is 8.23. The number of ether oxygens (including phenoxy) is 2. The van der Waals surface area contributed by atoms with E-state index in [-0.39, 0.29) is 5.56 Å². The van der Waals surface area contributed by atoms with Crippen LogP contribution < -0.4 is 9.47 Å². The second kappa shape index (κ2) is 15.3. The SMILES string of the molecule is [2H]C([2H])([2H])c1ccc2c(c1-c1ccc(-c3cc(-c4ccccc4)c(-c4ccccc4)c(-c4ccccc4)c3-c3ccccc3)cc1)Oc1ccccc1C21c2ccccc2Oc2ccccc21. The molecule has 0 aromatic heterocycles. The fourth-order valence-corrected chi connectivity index (χ4v) is 10.2. The maximum absolute atomic E-state index is 8.96. The van der Waals surface area contributed by atoms with Gasteiger partial charge in [-0.15, -0.1) is 0 Å². The van der Waals surface area contributed by atoms with Crippen LogP contribution in [0.15, 0.2) is 237 Å². The van der Waals surface area contributed by atoms with Crippen molar-refractivity contribution < 1.29 is 13.6 Å². The normalized spacial score (nSPS) is 13.7. The fourth-order valence-electron chi connectivity index (χ4n) is 10.2. The first-order valence-electron chi connectivity index (χ1n) is 23.3. The average molecular weight is 822 g/mol. The van der Waals surface area contributed by atoms with Crippen LogP contribution in [0.25, 0.3) is 66.8 Å². The number of rotatable bonds is 6. The summed E-state index contributed by atoms with van der Waals surface area (Å²) in [5.41, 5.74) is 15.4. The van der Waals surface area contributed by atoms with E-state index in [1.165, 1.54) is 0 Å². The lowest BCUT2D eigenvalue weighted by molar-refractivity contribution is 0.400. The second-order valence-corrected chi connectivity index (χ2v) is 16.4. The molecular formula is C62H42O2. The highest BCUT2D eigenvalue weighted by atomic mass is 16.5. The maximum atomic E-state index is 8.96. The van der Waals surface area contributed by atoms with Gasteiger partial charge in [0.15, 0.2) is 0 Å². The lowest BCUT2D eigenvalue weighted by Gasteiger charge is -2.45. The van der Waals surface area contributed by atoms with Crippen molar-refractivity contribution in [3.05, 3.63) is 264 Å². The van der Waals surface area contributed by atoms with Crippen LogP contribution in [0.2, 0.25) is 0 Å². The third kappa shape index (κ3) is 5.87. The van der Waals surface area contributed by atoms with E-state index in [2.05, 4.69) is 170 Å². The Morgan fingerprint density at radius 3 is 1.17 bits per heavy atom. The zero-order valence-electron chi connectivity index (χ0n) is 37.8. The maximum Gasteiger partial charge on any atom is 0.140 e. The number of fused-ring (bicyclic) bond motifs is 8. The van der Waals surface area contributed by atoms with Gasteiger partial charge in [-0.2, -0.15) is 0 Å². The fraction of sp³-hybridized carbons (Fsp3) is 0.0323. The van der Waals surface area contributed by atoms with Crippen LogP contribution in [0.4, 0.5) is 0 Å². The average Bonchev–Trinajstić information content (AvgIpc) is 3.38. The highest BCUT2D eigenvalue weighted by Gasteiger charge is 2.51. The standard InChI is InChI=1S/C62H42O2/c1-41-34-39-53-61(64-56-33-19-16-30-52(56)62(53)50-28-14-17-31-54(50)63-55-32-18-15-29-51(55)62)57(41)47-37-35-43(36-38-47)49-40-48(42-20-6-2-7-21-42)58(44-22-8-3-9-23-44)60(46-26-12-5-13-27-46)59(49)45-24-10-4-11-25-45/h2-40H,1H3/i1D3. The Bertz CT molecular complexity index is 3410.